The molecule has 0 saturated heterocycles. The number of fused-ring (bicyclic) bond motifs is 3. The molecule has 0 spiro atoms. The van der Waals surface area contributed by atoms with Gasteiger partial charge in [-0.25, -0.2) is 4.79 Å². The van der Waals surface area contributed by atoms with Gasteiger partial charge in [0.05, 0.1) is 21.4 Å². The second kappa shape index (κ2) is 20.3. The summed E-state index contributed by atoms with van der Waals surface area (Å²) >= 11 is 2.67. The number of anilines is 1. The Morgan fingerprint density at radius 1 is 0.983 bits per heavy atom. The smallest absolute Gasteiger partial charge is 0.349 e. The number of nitrogens with zero attached hydrogens (tertiary/aromatic N) is 1. The summed E-state index contributed by atoms with van der Waals surface area (Å²) in [7, 11) is 2.03. The van der Waals surface area contributed by atoms with Gasteiger partial charge in [0.2, 0.25) is 17.1 Å². The zero-order chi connectivity index (χ0) is 41.8. The lowest BCUT2D eigenvalue weighted by Gasteiger charge is -2.31. The molecule has 15 nitrogen and oxygen atoms in total. The first kappa shape index (κ1) is 43.7. The third-order valence-corrected chi connectivity index (χ3v) is 12.4. The summed E-state index contributed by atoms with van der Waals surface area (Å²) in [6, 6.07) is 21.0. The first-order valence-electron chi connectivity index (χ1n) is 18.4. The van der Waals surface area contributed by atoms with E-state index in [1.54, 1.807) is 24.3 Å². The normalized spacial score (nSPS) is 18.7. The maximum atomic E-state index is 13.6. The number of ether oxygens (including phenoxy) is 1. The van der Waals surface area contributed by atoms with Gasteiger partial charge in [0.25, 0.3) is 12.9 Å². The van der Waals surface area contributed by atoms with Gasteiger partial charge in [-0.15, -0.1) is 22.7 Å². The Balaban J connectivity index is 0.00000101. The molecule has 2 aliphatic rings. The van der Waals surface area contributed by atoms with Crippen LogP contribution in [0.15, 0.2) is 88.4 Å². The van der Waals surface area contributed by atoms with Crippen molar-refractivity contribution in [3.8, 4) is 5.75 Å². The zero-order valence-corrected chi connectivity index (χ0v) is 33.2. The Labute approximate surface area is 341 Å². The van der Waals surface area contributed by atoms with Crippen molar-refractivity contribution >= 4 is 64.1 Å². The van der Waals surface area contributed by atoms with Crippen LogP contribution in [0.4, 0.5) is 5.69 Å². The highest BCUT2D eigenvalue weighted by atomic mass is 32.1. The van der Waals surface area contributed by atoms with Crippen molar-refractivity contribution in [2.45, 2.75) is 56.1 Å². The number of phenolic OH excluding ortho intramolecular Hbond substituents is 1. The lowest BCUT2D eigenvalue weighted by atomic mass is 9.96. The molecule has 3 heterocycles. The van der Waals surface area contributed by atoms with Crippen LogP contribution in [-0.2, 0) is 36.1 Å². The highest BCUT2D eigenvalue weighted by Gasteiger charge is 2.53. The highest BCUT2D eigenvalue weighted by Crippen LogP contribution is 2.49. The summed E-state index contributed by atoms with van der Waals surface area (Å²) in [5, 5.41) is 56.9. The first-order chi connectivity index (χ1) is 27.9. The Kier molecular flexibility index (Phi) is 15.3. The van der Waals surface area contributed by atoms with Crippen LogP contribution in [0.2, 0.25) is 0 Å². The summed E-state index contributed by atoms with van der Waals surface area (Å²) < 4.78 is 6.11. The van der Waals surface area contributed by atoms with Gasteiger partial charge < -0.3 is 50.8 Å². The van der Waals surface area contributed by atoms with E-state index in [4.69, 9.17) is 24.5 Å². The van der Waals surface area contributed by atoms with E-state index < -0.39 is 17.7 Å². The predicted octanol–water partition coefficient (Wildman–Crippen LogP) is 4.49. The molecular formula is C41H46N4O11S2. The molecule has 2 aliphatic carbocycles. The minimum Gasteiger partial charge on any atom is -0.506 e. The van der Waals surface area contributed by atoms with E-state index in [0.717, 1.165) is 24.8 Å². The molecule has 2 bridgehead atoms. The van der Waals surface area contributed by atoms with E-state index in [0.29, 0.717) is 57.3 Å². The fourth-order valence-electron chi connectivity index (χ4n) is 7.94. The molecule has 2 aromatic carbocycles. The van der Waals surface area contributed by atoms with E-state index in [-0.39, 0.29) is 54.8 Å². The number of hydrogen-bond donors (Lipinski definition) is 8. The van der Waals surface area contributed by atoms with Gasteiger partial charge in [-0.05, 0) is 90.5 Å². The fraction of sp³-hybridized carbons (Fsp3) is 0.341. The van der Waals surface area contributed by atoms with Gasteiger partial charge in [0, 0.05) is 55.2 Å². The third kappa shape index (κ3) is 10.2. The van der Waals surface area contributed by atoms with Gasteiger partial charge in [0.15, 0.2) is 0 Å². The topological polar surface area (TPSA) is 239 Å². The quantitative estimate of drug-likeness (QED) is 0.0570. The van der Waals surface area contributed by atoms with Gasteiger partial charge in [-0.3, -0.25) is 19.2 Å². The van der Waals surface area contributed by atoms with Crippen LogP contribution in [0.3, 0.4) is 0 Å². The number of thiophene rings is 2. The Morgan fingerprint density at radius 3 is 2.26 bits per heavy atom. The molecule has 0 radical (unpaired) electrons. The Hall–Kier alpha value is -5.43. The van der Waals surface area contributed by atoms with Crippen molar-refractivity contribution < 1.29 is 49.4 Å². The molecule has 7 rings (SSSR count). The summed E-state index contributed by atoms with van der Waals surface area (Å²) in [6.07, 6.45) is 1.91. The summed E-state index contributed by atoms with van der Waals surface area (Å²) in [5.41, 5.74) is 0.396. The molecule has 2 fully saturated rings. The summed E-state index contributed by atoms with van der Waals surface area (Å²) in [5.74, 6) is -0.265. The molecule has 8 N–H and O–H groups in total. The van der Waals surface area contributed by atoms with Gasteiger partial charge in [-0.2, -0.15) is 0 Å². The molecule has 17 heteroatoms. The van der Waals surface area contributed by atoms with Gasteiger partial charge in [0.1, 0.15) is 11.9 Å². The van der Waals surface area contributed by atoms with E-state index in [9.17, 15) is 29.7 Å². The van der Waals surface area contributed by atoms with Gasteiger partial charge in [-0.1, -0.05) is 30.3 Å². The number of H-pyrrole nitrogens is 1. The predicted molar refractivity (Wildman–Crippen MR) is 219 cm³/mol. The number of carbonyl (C=O) groups excluding carboxylic acids is 2. The van der Waals surface area contributed by atoms with E-state index >= 15 is 0 Å². The standard InChI is InChI=1S/C39H42N4O7S2.2CH2O2/c1-43(37-24-8-11-28(37)31(20-24)50-38(48)39(49,32-4-2-18-51-32)33-5-3-19-52-33)17-16-35(47)41-25-9-6-23(7-10-25)21-40-22-30(45)26-12-14-29(44)36-27(26)13-15-34(46)42-36;2*2-1-3/h2-7,9-10,12-15,18-19,24,28,30-31,37,40,44-45,49H,8,11,16-17,20-22H2,1H3,(H,41,47)(H,42,46);2*1H,(H,2,3)/t24?,28?,30-,31?,37?;;/m0../s1. The highest BCUT2D eigenvalue weighted by molar-refractivity contribution is 7.12. The number of nitrogens with one attached hydrogen (secondary N) is 3. The van der Waals surface area contributed by atoms with Crippen molar-refractivity contribution in [2.24, 2.45) is 11.8 Å². The lowest BCUT2D eigenvalue weighted by Crippen LogP contribution is -2.42. The number of esters is 1. The number of aliphatic hydroxyl groups excluding tert-OH is 1. The first-order valence-corrected chi connectivity index (χ1v) is 20.2. The van der Waals surface area contributed by atoms with Crippen LogP contribution < -0.4 is 16.2 Å². The van der Waals surface area contributed by atoms with Gasteiger partial charge >= 0.3 is 5.97 Å². The minimum atomic E-state index is -1.82. The number of rotatable bonds is 14. The number of hydrogen-bond acceptors (Lipinski definition) is 13. The second-order valence-corrected chi connectivity index (χ2v) is 15.9. The zero-order valence-electron chi connectivity index (χ0n) is 31.5. The van der Waals surface area contributed by atoms with E-state index in [1.165, 1.54) is 34.8 Å². The number of carboxylic acid groups (broad SMARTS) is 2. The van der Waals surface area contributed by atoms with Crippen molar-refractivity contribution in [3.05, 3.63) is 115 Å². The number of pyridine rings is 1. The lowest BCUT2D eigenvalue weighted by molar-refractivity contribution is -0.170. The monoisotopic (exact) mass is 834 g/mol. The fourth-order valence-corrected chi connectivity index (χ4v) is 9.65. The molecule has 5 aromatic rings. The molecular weight excluding hydrogens is 789 g/mol. The third-order valence-electron chi connectivity index (χ3n) is 10.5. The van der Waals surface area contributed by atoms with Crippen LogP contribution in [0.1, 0.15) is 52.7 Å². The number of aliphatic hydroxyl groups is 2. The molecule has 5 atom stereocenters. The molecule has 3 aromatic heterocycles. The Bertz CT molecular complexity index is 2140. The maximum absolute atomic E-state index is 13.6. The molecule has 4 unspecified atom stereocenters. The van der Waals surface area contributed by atoms with Crippen molar-refractivity contribution in [1.82, 2.24) is 15.2 Å². The molecule has 1 amide bonds. The second-order valence-electron chi connectivity index (χ2n) is 14.0. The van der Waals surface area contributed by atoms with Crippen LogP contribution in [0, 0.1) is 11.8 Å². The van der Waals surface area contributed by atoms with Crippen molar-refractivity contribution in [2.75, 3.05) is 25.5 Å². The average molecular weight is 835 g/mol. The van der Waals surface area contributed by atoms with Crippen molar-refractivity contribution in [1.29, 1.82) is 0 Å². The van der Waals surface area contributed by atoms with Crippen LogP contribution in [0.5, 0.6) is 5.75 Å². The SMILES string of the molecule is CN(CCC(=O)Nc1ccc(CNC[C@H](O)c2ccc(O)c3[nH]c(=O)ccc23)cc1)C1C2CCC1C(OC(=O)C(O)(c1cccs1)c1cccs1)C2.O=CO.O=CO. The van der Waals surface area contributed by atoms with Crippen LogP contribution in [-0.4, -0.2) is 92.5 Å². The largest absolute Gasteiger partial charge is 0.506 e. The number of aromatic hydroxyl groups is 1. The number of carbonyl (C=O) groups is 4. The number of aromatic amines is 1. The summed E-state index contributed by atoms with van der Waals surface area (Å²) in [6.45, 7) is 0.808. The molecule has 2 saturated carbocycles. The minimum absolute atomic E-state index is 0.0551. The molecule has 58 heavy (non-hydrogen) atoms. The number of phenols is 1. The molecule has 308 valence electrons. The number of aromatic nitrogens is 1. The summed E-state index contributed by atoms with van der Waals surface area (Å²) in [4.78, 5) is 60.9. The number of amides is 1. The average Bonchev–Trinajstić information content (AvgIpc) is 4.05. The van der Waals surface area contributed by atoms with Crippen molar-refractivity contribution in [3.63, 3.8) is 0 Å². The number of benzene rings is 2. The molecule has 0 aliphatic heterocycles. The Morgan fingerprint density at radius 2 is 1.64 bits per heavy atom. The van der Waals surface area contributed by atoms with Crippen LogP contribution >= 0.6 is 22.7 Å². The maximum Gasteiger partial charge on any atom is 0.349 e. The van der Waals surface area contributed by atoms with E-state index in [1.807, 2.05) is 54.2 Å². The van der Waals surface area contributed by atoms with E-state index in [2.05, 4.69) is 20.5 Å². The van der Waals surface area contributed by atoms with Crippen LogP contribution in [0.25, 0.3) is 10.9 Å².